The van der Waals surface area contributed by atoms with Crippen LogP contribution in [0.1, 0.15) is 239 Å². The molecule has 0 aliphatic rings. The highest BCUT2D eigenvalue weighted by molar-refractivity contribution is 7.45. The minimum absolute atomic E-state index is 0.00778. The third-order valence-electron chi connectivity index (χ3n) is 12.7. The van der Waals surface area contributed by atoms with Gasteiger partial charge in [0, 0.05) is 6.42 Å². The van der Waals surface area contributed by atoms with Gasteiger partial charge in [-0.25, -0.2) is 0 Å². The van der Waals surface area contributed by atoms with E-state index in [-0.39, 0.29) is 19.1 Å². The third kappa shape index (κ3) is 56.7. The highest BCUT2D eigenvalue weighted by atomic mass is 31.2. The summed E-state index contributed by atoms with van der Waals surface area (Å²) in [6.45, 7) is 4.53. The summed E-state index contributed by atoms with van der Waals surface area (Å²) in [5.74, 6) is -0.209. The molecule has 73 heavy (non-hydrogen) atoms. The van der Waals surface area contributed by atoms with Gasteiger partial charge in [0.05, 0.1) is 39.9 Å². The summed E-state index contributed by atoms with van der Waals surface area (Å²) in [6, 6.07) is -0.899. The molecule has 0 fully saturated rings. The van der Waals surface area contributed by atoms with Gasteiger partial charge >= 0.3 is 0 Å². The van der Waals surface area contributed by atoms with E-state index in [1.54, 1.807) is 6.08 Å². The second-order valence-electron chi connectivity index (χ2n) is 21.0. The van der Waals surface area contributed by atoms with Crippen LogP contribution < -0.4 is 10.2 Å². The first kappa shape index (κ1) is 70.2. The van der Waals surface area contributed by atoms with Crippen LogP contribution in [-0.4, -0.2) is 68.5 Å². The molecule has 0 heterocycles. The first-order chi connectivity index (χ1) is 35.5. The van der Waals surface area contributed by atoms with Crippen molar-refractivity contribution in [1.82, 2.24) is 5.32 Å². The topological polar surface area (TPSA) is 108 Å². The fraction of sp³-hybridized carbons (Fsp3) is 0.703. The molecule has 3 atom stereocenters. The van der Waals surface area contributed by atoms with Gasteiger partial charge in [0.2, 0.25) is 5.91 Å². The molecular formula is C64H113N2O6P. The van der Waals surface area contributed by atoms with Gasteiger partial charge in [-0.15, -0.1) is 0 Å². The summed E-state index contributed by atoms with van der Waals surface area (Å²) in [5.41, 5.74) is 0. The molecular weight excluding hydrogens is 924 g/mol. The predicted molar refractivity (Wildman–Crippen MR) is 316 cm³/mol. The molecule has 0 bridgehead atoms. The number of hydrogen-bond acceptors (Lipinski definition) is 6. The van der Waals surface area contributed by atoms with Gasteiger partial charge in [0.15, 0.2) is 0 Å². The van der Waals surface area contributed by atoms with Gasteiger partial charge in [0.1, 0.15) is 13.2 Å². The molecule has 0 aliphatic carbocycles. The monoisotopic (exact) mass is 1040 g/mol. The zero-order chi connectivity index (χ0) is 53.5. The minimum Gasteiger partial charge on any atom is -0.756 e. The van der Waals surface area contributed by atoms with E-state index in [0.717, 1.165) is 103 Å². The maximum atomic E-state index is 13.0. The number of quaternary nitrogens is 1. The highest BCUT2D eigenvalue weighted by Gasteiger charge is 2.23. The number of unbranched alkanes of at least 4 members (excludes halogenated alkanes) is 24. The number of phosphoric ester groups is 1. The molecule has 0 aromatic heterocycles. The first-order valence-electron chi connectivity index (χ1n) is 29.7. The summed E-state index contributed by atoms with van der Waals surface area (Å²) in [4.78, 5) is 25.5. The number of phosphoric acid groups is 1. The van der Waals surface area contributed by atoms with Crippen molar-refractivity contribution in [3.05, 3.63) is 109 Å². The fourth-order valence-electron chi connectivity index (χ4n) is 8.11. The minimum atomic E-state index is -4.61. The smallest absolute Gasteiger partial charge is 0.268 e. The van der Waals surface area contributed by atoms with Crippen LogP contribution in [0.2, 0.25) is 0 Å². The Balaban J connectivity index is 4.22. The Morgan fingerprint density at radius 1 is 0.493 bits per heavy atom. The lowest BCUT2D eigenvalue weighted by molar-refractivity contribution is -0.870. The number of carbonyl (C=O) groups excluding carboxylic acids is 1. The van der Waals surface area contributed by atoms with E-state index in [2.05, 4.69) is 116 Å². The summed E-state index contributed by atoms with van der Waals surface area (Å²) in [6.07, 6.45) is 78.7. The van der Waals surface area contributed by atoms with Crippen molar-refractivity contribution in [2.45, 2.75) is 251 Å². The molecule has 420 valence electrons. The lowest BCUT2D eigenvalue weighted by Crippen LogP contribution is -2.45. The van der Waals surface area contributed by atoms with Gasteiger partial charge in [-0.3, -0.25) is 9.36 Å². The average molecular weight is 1040 g/mol. The van der Waals surface area contributed by atoms with Crippen LogP contribution in [0.4, 0.5) is 0 Å². The molecule has 1 amide bonds. The molecule has 0 aromatic carbocycles. The van der Waals surface area contributed by atoms with Gasteiger partial charge < -0.3 is 28.8 Å². The second kappa shape index (κ2) is 54.0. The van der Waals surface area contributed by atoms with Crippen molar-refractivity contribution < 1.29 is 32.9 Å². The lowest BCUT2D eigenvalue weighted by Gasteiger charge is -2.29. The molecule has 9 heteroatoms. The number of carbonyl (C=O) groups is 1. The Labute approximate surface area is 451 Å². The van der Waals surface area contributed by atoms with Crippen molar-refractivity contribution >= 4 is 13.7 Å². The number of hydrogen-bond donors (Lipinski definition) is 2. The Bertz CT molecular complexity index is 1550. The van der Waals surface area contributed by atoms with Gasteiger partial charge in [-0.05, 0) is 83.5 Å². The molecule has 0 radical (unpaired) electrons. The number of allylic oxidation sites excluding steroid dienone is 17. The van der Waals surface area contributed by atoms with Crippen LogP contribution in [0, 0.1) is 0 Å². The number of nitrogens with one attached hydrogen (secondary N) is 1. The maximum Gasteiger partial charge on any atom is 0.268 e. The van der Waals surface area contributed by atoms with Crippen molar-refractivity contribution in [2.24, 2.45) is 0 Å². The third-order valence-corrected chi connectivity index (χ3v) is 13.7. The van der Waals surface area contributed by atoms with E-state index in [4.69, 9.17) is 9.05 Å². The molecule has 0 rings (SSSR count). The van der Waals surface area contributed by atoms with E-state index in [1.807, 2.05) is 27.2 Å². The van der Waals surface area contributed by atoms with Crippen LogP contribution >= 0.6 is 7.82 Å². The number of amides is 1. The number of likely N-dealkylation sites (N-methyl/N-ethyl adjacent to an activating group) is 1. The molecule has 0 aliphatic heterocycles. The molecule has 0 spiro atoms. The molecule has 0 saturated carbocycles. The van der Waals surface area contributed by atoms with E-state index < -0.39 is 20.0 Å². The first-order valence-corrected chi connectivity index (χ1v) is 31.2. The van der Waals surface area contributed by atoms with Crippen LogP contribution in [0.5, 0.6) is 0 Å². The summed E-state index contributed by atoms with van der Waals surface area (Å²) < 4.78 is 23.4. The van der Waals surface area contributed by atoms with Gasteiger partial charge in [0.25, 0.3) is 7.82 Å². The zero-order valence-corrected chi connectivity index (χ0v) is 48.7. The highest BCUT2D eigenvalue weighted by Crippen LogP contribution is 2.38. The largest absolute Gasteiger partial charge is 0.756 e. The van der Waals surface area contributed by atoms with Crippen LogP contribution in [0.25, 0.3) is 0 Å². The van der Waals surface area contributed by atoms with Crippen molar-refractivity contribution in [3.63, 3.8) is 0 Å². The van der Waals surface area contributed by atoms with E-state index in [1.165, 1.54) is 116 Å². The van der Waals surface area contributed by atoms with E-state index in [0.29, 0.717) is 17.4 Å². The van der Waals surface area contributed by atoms with Crippen LogP contribution in [0.15, 0.2) is 109 Å². The molecule has 2 N–H and O–H groups in total. The normalized spacial score (nSPS) is 14.7. The van der Waals surface area contributed by atoms with Crippen LogP contribution in [-0.2, 0) is 18.4 Å². The number of aliphatic hydroxyl groups excluding tert-OH is 1. The Morgan fingerprint density at radius 3 is 1.22 bits per heavy atom. The number of aliphatic hydroxyl groups is 1. The quantitative estimate of drug-likeness (QED) is 0.0272. The summed E-state index contributed by atoms with van der Waals surface area (Å²) in [7, 11) is 1.24. The SMILES string of the molecule is CC/C=C\C/C=C\C/C=C\C/C=C\C/C=C\C/C=C\C/C=C\C/C=C\CCCCCCCCCCC(=O)NC(COP(=O)([O-])OCC[N+](C)(C)C)C(O)/C=C/CCCCCCCCCCCCCCCCCC. The molecule has 8 nitrogen and oxygen atoms in total. The van der Waals surface area contributed by atoms with Crippen molar-refractivity contribution in [3.8, 4) is 0 Å². The lowest BCUT2D eigenvalue weighted by atomic mass is 10.0. The summed E-state index contributed by atoms with van der Waals surface area (Å²) >= 11 is 0. The predicted octanol–water partition coefficient (Wildman–Crippen LogP) is 17.7. The van der Waals surface area contributed by atoms with Crippen molar-refractivity contribution in [2.75, 3.05) is 40.9 Å². The fourth-order valence-corrected chi connectivity index (χ4v) is 8.83. The van der Waals surface area contributed by atoms with Gasteiger partial charge in [-0.2, -0.15) is 0 Å². The Morgan fingerprint density at radius 2 is 0.836 bits per heavy atom. The standard InChI is InChI=1S/C64H113N2O6P/c1-6-8-10-12-14-16-18-20-22-24-26-27-28-29-30-31-32-33-34-35-36-37-38-39-40-42-44-46-48-50-52-54-56-58-64(68)65-62(61-72-73(69,70)71-60-59-66(3,4)5)63(67)57-55-53-51-49-47-45-43-41-25-23-21-19-17-15-13-11-9-7-2/h8,10,14,16,20,22,26-27,29-30,32-33,35-36,38-39,55,57,62-63,67H,6-7,9,11-13,15,17-19,21,23-25,28,31,34,37,40-54,56,58-61H2,1-5H3,(H-,65,68,69,70)/b10-8-,16-14-,22-20-,27-26-,30-29-,33-32-,36-35-,39-38-,57-55+. The molecule has 3 unspecified atom stereocenters. The Hall–Kier alpha value is -2.84. The zero-order valence-electron chi connectivity index (χ0n) is 47.8. The van der Waals surface area contributed by atoms with E-state index in [9.17, 15) is 19.4 Å². The molecule has 0 saturated heterocycles. The Kier molecular flexibility index (Phi) is 51.9. The maximum absolute atomic E-state index is 13.0. The van der Waals surface area contributed by atoms with E-state index >= 15 is 0 Å². The average Bonchev–Trinajstić information content (AvgIpc) is 3.35. The van der Waals surface area contributed by atoms with Crippen molar-refractivity contribution in [1.29, 1.82) is 0 Å². The van der Waals surface area contributed by atoms with Gasteiger partial charge in [-0.1, -0.05) is 258 Å². The number of nitrogens with zero attached hydrogens (tertiary/aromatic N) is 1. The van der Waals surface area contributed by atoms with Crippen LogP contribution in [0.3, 0.4) is 0 Å². The molecule has 0 aromatic rings. The second-order valence-corrected chi connectivity index (χ2v) is 22.4. The number of rotatable bonds is 53. The summed E-state index contributed by atoms with van der Waals surface area (Å²) in [5, 5.41) is 13.9.